The normalized spacial score (nSPS) is 26.9. The van der Waals surface area contributed by atoms with Crippen LogP contribution in [0.4, 0.5) is 0 Å². The van der Waals surface area contributed by atoms with Crippen molar-refractivity contribution >= 4 is 11.1 Å². The molecule has 0 spiro atoms. The maximum atomic E-state index is 12.5. The van der Waals surface area contributed by atoms with Crippen LogP contribution in [0.15, 0.2) is 27.4 Å². The zero-order valence-corrected chi connectivity index (χ0v) is 18.0. The van der Waals surface area contributed by atoms with Crippen molar-refractivity contribution in [1.29, 1.82) is 0 Å². The van der Waals surface area contributed by atoms with E-state index in [1.165, 1.54) is 12.8 Å². The van der Waals surface area contributed by atoms with E-state index in [4.69, 9.17) is 13.9 Å². The topological polar surface area (TPSA) is 56.8 Å². The number of hydrogen-bond acceptors (Lipinski definition) is 5. The number of ether oxygens (including phenoxy) is 2. The number of methoxy groups -OCH3 is 1. The molecule has 0 bridgehead atoms. The number of nitrogens with zero attached hydrogens (tertiary/aromatic N) is 2. The molecule has 1 aliphatic heterocycles. The molecule has 1 aromatic carbocycles. The molecule has 6 heteroatoms. The highest BCUT2D eigenvalue weighted by Gasteiger charge is 2.38. The Morgan fingerprint density at radius 1 is 1.14 bits per heavy atom. The Labute approximate surface area is 172 Å². The van der Waals surface area contributed by atoms with Gasteiger partial charge in [0.15, 0.2) is 5.58 Å². The molecule has 4 rings (SSSR count). The molecule has 1 aliphatic carbocycles. The highest BCUT2D eigenvalue weighted by Crippen LogP contribution is 2.38. The molecular formula is C23H34N2O4. The van der Waals surface area contributed by atoms with Gasteiger partial charge in [-0.1, -0.05) is 6.07 Å². The summed E-state index contributed by atoms with van der Waals surface area (Å²) in [5, 5.41) is 0. The number of hydrogen-bond donors (Lipinski definition) is 0. The lowest BCUT2D eigenvalue weighted by molar-refractivity contribution is -0.0419. The summed E-state index contributed by atoms with van der Waals surface area (Å²) in [5.74, 6) is -0.219. The van der Waals surface area contributed by atoms with Crippen molar-refractivity contribution in [2.75, 3.05) is 33.4 Å². The maximum Gasteiger partial charge on any atom is 0.420 e. The number of aromatic nitrogens is 1. The Balaban J connectivity index is 1.37. The van der Waals surface area contributed by atoms with Crippen LogP contribution in [-0.4, -0.2) is 54.5 Å². The minimum atomic E-state index is -0.219. The van der Waals surface area contributed by atoms with Gasteiger partial charge in [0.25, 0.3) is 0 Å². The third-order valence-corrected chi connectivity index (χ3v) is 7.01. The smallest absolute Gasteiger partial charge is 0.408 e. The zero-order chi connectivity index (χ0) is 20.4. The number of benzene rings is 1. The molecule has 0 atom stereocenters. The predicted octanol–water partition coefficient (Wildman–Crippen LogP) is 3.90. The summed E-state index contributed by atoms with van der Waals surface area (Å²) in [6.45, 7) is 7.88. The minimum absolute atomic E-state index is 0.219. The second kappa shape index (κ2) is 8.62. The van der Waals surface area contributed by atoms with Gasteiger partial charge < -0.3 is 13.9 Å². The van der Waals surface area contributed by atoms with Crippen molar-refractivity contribution < 1.29 is 13.9 Å². The van der Waals surface area contributed by atoms with E-state index < -0.39 is 0 Å². The van der Waals surface area contributed by atoms with Gasteiger partial charge in [0.1, 0.15) is 0 Å². The Morgan fingerprint density at radius 3 is 2.55 bits per heavy atom. The molecule has 2 aromatic rings. The first-order valence-electron chi connectivity index (χ1n) is 11.0. The molecule has 2 fully saturated rings. The largest absolute Gasteiger partial charge is 0.420 e. The number of likely N-dealkylation sites (tertiary alicyclic amines) is 1. The maximum absolute atomic E-state index is 12.5. The van der Waals surface area contributed by atoms with Gasteiger partial charge in [-0.3, -0.25) is 9.47 Å². The van der Waals surface area contributed by atoms with E-state index in [2.05, 4.69) is 24.8 Å². The highest BCUT2D eigenvalue weighted by molar-refractivity contribution is 5.73. The molecule has 160 valence electrons. The molecule has 2 aliphatic rings. The summed E-state index contributed by atoms with van der Waals surface area (Å²) in [5.41, 5.74) is 3.03. The Kier molecular flexibility index (Phi) is 6.13. The van der Waals surface area contributed by atoms with Crippen molar-refractivity contribution in [3.63, 3.8) is 0 Å². The molecule has 0 unspecified atom stereocenters. The van der Waals surface area contributed by atoms with Gasteiger partial charge in [0.2, 0.25) is 0 Å². The van der Waals surface area contributed by atoms with Gasteiger partial charge in [0, 0.05) is 31.8 Å². The molecule has 1 aromatic heterocycles. The first-order valence-corrected chi connectivity index (χ1v) is 11.0. The summed E-state index contributed by atoms with van der Waals surface area (Å²) in [6.07, 6.45) is 6.93. The van der Waals surface area contributed by atoms with Crippen LogP contribution in [0.2, 0.25) is 0 Å². The number of fused-ring (bicyclic) bond motifs is 1. The molecule has 0 radical (unpaired) electrons. The van der Waals surface area contributed by atoms with E-state index in [0.717, 1.165) is 49.9 Å². The van der Waals surface area contributed by atoms with Gasteiger partial charge in [-0.2, -0.15) is 0 Å². The van der Waals surface area contributed by atoms with Crippen LogP contribution in [0.3, 0.4) is 0 Å². The Bertz CT molecular complexity index is 871. The molecule has 0 N–H and O–H groups in total. The summed E-state index contributed by atoms with van der Waals surface area (Å²) < 4.78 is 18.4. The molecule has 1 saturated heterocycles. The van der Waals surface area contributed by atoms with E-state index in [0.29, 0.717) is 24.9 Å². The second-order valence-electron chi connectivity index (χ2n) is 8.99. The van der Waals surface area contributed by atoms with Gasteiger partial charge >= 0.3 is 5.76 Å². The lowest BCUT2D eigenvalue weighted by Crippen LogP contribution is -2.53. The molecule has 0 amide bonds. The van der Waals surface area contributed by atoms with Gasteiger partial charge in [-0.05, 0) is 70.1 Å². The summed E-state index contributed by atoms with van der Waals surface area (Å²) in [7, 11) is 1.71. The third kappa shape index (κ3) is 4.30. The third-order valence-electron chi connectivity index (χ3n) is 7.01. The molecule has 29 heavy (non-hydrogen) atoms. The number of aryl methyl sites for hydroxylation is 1. The van der Waals surface area contributed by atoms with Crippen LogP contribution in [0.1, 0.15) is 57.1 Å². The number of rotatable bonds is 6. The quantitative estimate of drug-likeness (QED) is 0.686. The van der Waals surface area contributed by atoms with Gasteiger partial charge in [0.05, 0.1) is 24.8 Å². The predicted molar refractivity (Wildman–Crippen MR) is 114 cm³/mol. The average molecular weight is 403 g/mol. The fourth-order valence-electron chi connectivity index (χ4n) is 5.15. The summed E-state index contributed by atoms with van der Waals surface area (Å²) in [6, 6.07) is 6.19. The van der Waals surface area contributed by atoms with E-state index in [1.54, 1.807) is 7.11 Å². The van der Waals surface area contributed by atoms with Crippen LogP contribution in [0, 0.1) is 6.92 Å². The number of piperidine rings is 1. The van der Waals surface area contributed by atoms with Crippen LogP contribution in [-0.2, 0) is 9.47 Å². The zero-order valence-electron chi connectivity index (χ0n) is 18.0. The van der Waals surface area contributed by atoms with Crippen molar-refractivity contribution in [2.45, 2.75) is 70.1 Å². The SMILES string of the molecule is COCCO[C@H]1CC[C@](C)(N2CCC(n3c(=O)oc4ccc(C)cc43)CC2)CC1. The van der Waals surface area contributed by atoms with Gasteiger partial charge in [-0.15, -0.1) is 0 Å². The number of oxazole rings is 1. The summed E-state index contributed by atoms with van der Waals surface area (Å²) in [4.78, 5) is 15.1. The summed E-state index contributed by atoms with van der Waals surface area (Å²) >= 11 is 0. The molecule has 6 nitrogen and oxygen atoms in total. The van der Waals surface area contributed by atoms with E-state index in [-0.39, 0.29) is 17.3 Å². The Morgan fingerprint density at radius 2 is 1.86 bits per heavy atom. The lowest BCUT2D eigenvalue weighted by atomic mass is 9.79. The monoisotopic (exact) mass is 402 g/mol. The van der Waals surface area contributed by atoms with Crippen molar-refractivity contribution in [3.05, 3.63) is 34.3 Å². The van der Waals surface area contributed by atoms with Crippen LogP contribution in [0.25, 0.3) is 11.1 Å². The fraction of sp³-hybridized carbons (Fsp3) is 0.696. The van der Waals surface area contributed by atoms with Crippen LogP contribution < -0.4 is 5.76 Å². The molecular weight excluding hydrogens is 368 g/mol. The van der Waals surface area contributed by atoms with E-state index in [9.17, 15) is 4.79 Å². The van der Waals surface area contributed by atoms with E-state index in [1.807, 2.05) is 16.7 Å². The van der Waals surface area contributed by atoms with E-state index >= 15 is 0 Å². The van der Waals surface area contributed by atoms with Crippen molar-refractivity contribution in [1.82, 2.24) is 9.47 Å². The molecule has 1 saturated carbocycles. The lowest BCUT2D eigenvalue weighted by Gasteiger charge is -2.48. The van der Waals surface area contributed by atoms with Crippen LogP contribution >= 0.6 is 0 Å². The van der Waals surface area contributed by atoms with Crippen molar-refractivity contribution in [2.24, 2.45) is 0 Å². The van der Waals surface area contributed by atoms with Gasteiger partial charge in [-0.25, -0.2) is 4.79 Å². The second-order valence-corrected chi connectivity index (χ2v) is 8.99. The van der Waals surface area contributed by atoms with Crippen LogP contribution in [0.5, 0.6) is 0 Å². The first kappa shape index (κ1) is 20.6. The Hall–Kier alpha value is -1.63. The molecule has 2 heterocycles. The minimum Gasteiger partial charge on any atom is -0.408 e. The average Bonchev–Trinajstić information content (AvgIpc) is 3.05. The fourth-order valence-corrected chi connectivity index (χ4v) is 5.15. The standard InChI is InChI=1S/C23H34N2O4/c1-17-4-5-21-20(16-17)25(22(26)29-21)18-8-12-24(13-9-18)23(2)10-6-19(7-11-23)28-15-14-27-3/h4-5,16,18-19H,6-15H2,1-3H3/t19-,23-. The highest BCUT2D eigenvalue weighted by atomic mass is 16.5. The first-order chi connectivity index (χ1) is 14.0. The van der Waals surface area contributed by atoms with Crippen molar-refractivity contribution in [3.8, 4) is 0 Å².